The molecule has 100 valence electrons. The van der Waals surface area contributed by atoms with Gasteiger partial charge in [-0.3, -0.25) is 4.79 Å². The lowest BCUT2D eigenvalue weighted by Gasteiger charge is -2.07. The van der Waals surface area contributed by atoms with E-state index in [-0.39, 0.29) is 12.4 Å². The molecule has 0 aromatic heterocycles. The molecule has 0 saturated carbocycles. The molecule has 3 nitrogen and oxygen atoms in total. The Morgan fingerprint density at radius 1 is 1.16 bits per heavy atom. The molecule has 0 saturated heterocycles. The van der Waals surface area contributed by atoms with E-state index in [1.54, 1.807) is 6.92 Å². The van der Waals surface area contributed by atoms with E-state index in [9.17, 15) is 4.79 Å². The van der Waals surface area contributed by atoms with Crippen LogP contribution in [-0.2, 0) is 9.53 Å². The minimum Gasteiger partial charge on any atom is -0.493 e. The van der Waals surface area contributed by atoms with Gasteiger partial charge in [0, 0.05) is 4.47 Å². The highest BCUT2D eigenvalue weighted by Gasteiger charge is 2.03. The molecule has 0 aliphatic rings. The SMILES string of the molecule is CCOC(=O)CCOc1ccc2cc(Br)ccc2c1. The number of halogens is 1. The Bertz CT molecular complexity index is 581. The van der Waals surface area contributed by atoms with Crippen molar-refractivity contribution in [2.45, 2.75) is 13.3 Å². The second-order valence-corrected chi connectivity index (χ2v) is 4.97. The summed E-state index contributed by atoms with van der Waals surface area (Å²) < 4.78 is 11.4. The van der Waals surface area contributed by atoms with Gasteiger partial charge in [-0.05, 0) is 42.0 Å². The van der Waals surface area contributed by atoms with Crippen molar-refractivity contribution in [3.8, 4) is 5.75 Å². The molecule has 2 aromatic carbocycles. The molecule has 0 heterocycles. The first-order valence-corrected chi connectivity index (χ1v) is 6.96. The summed E-state index contributed by atoms with van der Waals surface area (Å²) in [7, 11) is 0. The summed E-state index contributed by atoms with van der Waals surface area (Å²) in [5, 5.41) is 2.25. The van der Waals surface area contributed by atoms with Crippen molar-refractivity contribution < 1.29 is 14.3 Å². The van der Waals surface area contributed by atoms with Crippen LogP contribution in [0.2, 0.25) is 0 Å². The molecule has 2 rings (SSSR count). The molecule has 4 heteroatoms. The Morgan fingerprint density at radius 3 is 2.68 bits per heavy atom. The van der Waals surface area contributed by atoms with Gasteiger partial charge in [-0.1, -0.05) is 28.1 Å². The summed E-state index contributed by atoms with van der Waals surface area (Å²) >= 11 is 3.44. The van der Waals surface area contributed by atoms with Gasteiger partial charge in [0.25, 0.3) is 0 Å². The number of carbonyl (C=O) groups is 1. The Morgan fingerprint density at radius 2 is 1.89 bits per heavy atom. The smallest absolute Gasteiger partial charge is 0.309 e. The third kappa shape index (κ3) is 3.96. The van der Waals surface area contributed by atoms with Gasteiger partial charge in [0.2, 0.25) is 0 Å². The fraction of sp³-hybridized carbons (Fsp3) is 0.267. The van der Waals surface area contributed by atoms with Gasteiger partial charge in [0.1, 0.15) is 5.75 Å². The number of hydrogen-bond acceptors (Lipinski definition) is 3. The van der Waals surface area contributed by atoms with Crippen molar-refractivity contribution in [2.24, 2.45) is 0 Å². The zero-order chi connectivity index (χ0) is 13.7. The van der Waals surface area contributed by atoms with Crippen LogP contribution in [0.5, 0.6) is 5.75 Å². The second kappa shape index (κ2) is 6.57. The summed E-state index contributed by atoms with van der Waals surface area (Å²) in [6, 6.07) is 11.9. The molecular formula is C15H15BrO3. The number of carbonyl (C=O) groups excluding carboxylic acids is 1. The van der Waals surface area contributed by atoms with Crippen LogP contribution in [0.3, 0.4) is 0 Å². The van der Waals surface area contributed by atoms with Crippen molar-refractivity contribution in [3.63, 3.8) is 0 Å². The average molecular weight is 323 g/mol. The predicted molar refractivity (Wildman–Crippen MR) is 78.4 cm³/mol. The molecule has 2 aromatic rings. The van der Waals surface area contributed by atoms with Crippen LogP contribution in [0.15, 0.2) is 40.9 Å². The summed E-state index contributed by atoms with van der Waals surface area (Å²) in [5.74, 6) is 0.534. The van der Waals surface area contributed by atoms with Crippen molar-refractivity contribution in [1.29, 1.82) is 0 Å². The van der Waals surface area contributed by atoms with Crippen LogP contribution in [0.25, 0.3) is 10.8 Å². The molecule has 0 unspecified atom stereocenters. The van der Waals surface area contributed by atoms with Gasteiger partial charge in [0.15, 0.2) is 0 Å². The molecule has 0 N–H and O–H groups in total. The molecule has 0 radical (unpaired) electrons. The van der Waals surface area contributed by atoms with Crippen LogP contribution in [-0.4, -0.2) is 19.2 Å². The minimum absolute atomic E-state index is 0.229. The van der Waals surface area contributed by atoms with Crippen molar-refractivity contribution in [2.75, 3.05) is 13.2 Å². The maximum Gasteiger partial charge on any atom is 0.309 e. The lowest BCUT2D eigenvalue weighted by Crippen LogP contribution is -2.09. The first-order chi connectivity index (χ1) is 9.19. The van der Waals surface area contributed by atoms with Gasteiger partial charge < -0.3 is 9.47 Å². The van der Waals surface area contributed by atoms with Crippen molar-refractivity contribution in [3.05, 3.63) is 40.9 Å². The number of rotatable bonds is 5. The van der Waals surface area contributed by atoms with Crippen LogP contribution in [0.4, 0.5) is 0 Å². The first-order valence-electron chi connectivity index (χ1n) is 6.17. The largest absolute Gasteiger partial charge is 0.493 e. The maximum atomic E-state index is 11.2. The lowest BCUT2D eigenvalue weighted by atomic mass is 10.1. The van der Waals surface area contributed by atoms with Gasteiger partial charge in [-0.25, -0.2) is 0 Å². The Labute approximate surface area is 120 Å². The first kappa shape index (κ1) is 13.9. The highest BCUT2D eigenvalue weighted by Crippen LogP contribution is 2.24. The standard InChI is InChI=1S/C15H15BrO3/c1-2-18-15(17)7-8-19-14-6-4-11-9-13(16)5-3-12(11)10-14/h3-6,9-10H,2,7-8H2,1H3. The molecular weight excluding hydrogens is 308 g/mol. The van der Waals surface area contributed by atoms with Crippen LogP contribution >= 0.6 is 15.9 Å². The van der Waals surface area contributed by atoms with E-state index in [0.29, 0.717) is 13.2 Å². The highest BCUT2D eigenvalue weighted by molar-refractivity contribution is 9.10. The monoisotopic (exact) mass is 322 g/mol. The van der Waals surface area contributed by atoms with Gasteiger partial charge >= 0.3 is 5.97 Å². The van der Waals surface area contributed by atoms with E-state index in [0.717, 1.165) is 21.0 Å². The summed E-state index contributed by atoms with van der Waals surface area (Å²) in [6.45, 7) is 2.53. The highest BCUT2D eigenvalue weighted by atomic mass is 79.9. The fourth-order valence-electron chi connectivity index (χ4n) is 1.77. The molecule has 0 fully saturated rings. The van der Waals surface area contributed by atoms with Crippen LogP contribution < -0.4 is 4.74 Å². The van der Waals surface area contributed by atoms with Crippen LogP contribution in [0.1, 0.15) is 13.3 Å². The molecule has 0 spiro atoms. The fourth-order valence-corrected chi connectivity index (χ4v) is 2.15. The zero-order valence-electron chi connectivity index (χ0n) is 10.7. The van der Waals surface area contributed by atoms with Gasteiger partial charge in [-0.15, -0.1) is 0 Å². The Kier molecular flexibility index (Phi) is 4.80. The summed E-state index contributed by atoms with van der Waals surface area (Å²) in [4.78, 5) is 11.2. The Hall–Kier alpha value is -1.55. The number of ether oxygens (including phenoxy) is 2. The minimum atomic E-state index is -0.229. The zero-order valence-corrected chi connectivity index (χ0v) is 12.3. The normalized spacial score (nSPS) is 10.4. The molecule has 0 atom stereocenters. The van der Waals surface area contributed by atoms with E-state index in [2.05, 4.69) is 22.0 Å². The molecule has 19 heavy (non-hydrogen) atoms. The topological polar surface area (TPSA) is 35.5 Å². The van der Waals surface area contributed by atoms with E-state index in [4.69, 9.17) is 9.47 Å². The Balaban J connectivity index is 1.98. The van der Waals surface area contributed by atoms with Gasteiger partial charge in [-0.2, -0.15) is 0 Å². The average Bonchev–Trinajstić information content (AvgIpc) is 2.39. The number of fused-ring (bicyclic) bond motifs is 1. The van der Waals surface area contributed by atoms with Crippen molar-refractivity contribution >= 4 is 32.7 Å². The van der Waals surface area contributed by atoms with Gasteiger partial charge in [0.05, 0.1) is 19.6 Å². The second-order valence-electron chi connectivity index (χ2n) is 4.06. The van der Waals surface area contributed by atoms with Crippen molar-refractivity contribution in [1.82, 2.24) is 0 Å². The quantitative estimate of drug-likeness (QED) is 0.782. The third-order valence-corrected chi connectivity index (χ3v) is 3.15. The number of esters is 1. The van der Waals surface area contributed by atoms with Crippen LogP contribution in [0, 0.1) is 0 Å². The third-order valence-electron chi connectivity index (χ3n) is 2.65. The molecule has 0 bridgehead atoms. The van der Waals surface area contributed by atoms with E-state index < -0.39 is 0 Å². The van der Waals surface area contributed by atoms with E-state index in [1.165, 1.54) is 0 Å². The number of hydrogen-bond donors (Lipinski definition) is 0. The van der Waals surface area contributed by atoms with E-state index >= 15 is 0 Å². The molecule has 0 aliphatic carbocycles. The maximum absolute atomic E-state index is 11.2. The molecule has 0 amide bonds. The molecule has 0 aliphatic heterocycles. The summed E-state index contributed by atoms with van der Waals surface area (Å²) in [6.07, 6.45) is 0.270. The lowest BCUT2D eigenvalue weighted by molar-refractivity contribution is -0.143. The van der Waals surface area contributed by atoms with E-state index in [1.807, 2.05) is 30.3 Å². The predicted octanol–water partition coefficient (Wildman–Crippen LogP) is 3.93. The number of benzene rings is 2. The summed E-state index contributed by atoms with van der Waals surface area (Å²) in [5.41, 5.74) is 0.